The topological polar surface area (TPSA) is 26.0 Å². The summed E-state index contributed by atoms with van der Waals surface area (Å²) < 4.78 is 0. The molecule has 2 N–H and O–H groups in total. The van der Waals surface area contributed by atoms with Crippen LogP contribution >= 0.6 is 12.2 Å². The monoisotopic (exact) mass is 135 g/mol. The highest BCUT2D eigenvalue weighted by Gasteiger charge is 1.35. The van der Waals surface area contributed by atoms with Crippen LogP contribution in [0.5, 0.6) is 0 Å². The first kappa shape index (κ1) is 15.7. The third-order valence-electron chi connectivity index (χ3n) is 0. The van der Waals surface area contributed by atoms with Crippen molar-refractivity contribution in [3.8, 4) is 0 Å². The molecule has 0 aromatic rings. The molecule has 52 valence electrons. The van der Waals surface area contributed by atoms with Gasteiger partial charge < -0.3 is 5.73 Å². The standard InChI is InChI=1S/C3H8.C2H7N.CH2S/c1-3-2;1-2-3;1-2/h3H2,1-2H3;2-3H2,1H3;1H2. The predicted octanol–water partition coefficient (Wildman–Crippen LogP) is 2.00. The van der Waals surface area contributed by atoms with Crippen molar-refractivity contribution in [1.82, 2.24) is 0 Å². The third kappa shape index (κ3) is 61700. The van der Waals surface area contributed by atoms with E-state index in [0.717, 1.165) is 6.54 Å². The summed E-state index contributed by atoms with van der Waals surface area (Å²) >= 11 is 3.83. The Kier molecular flexibility index (Phi) is 120. The van der Waals surface area contributed by atoms with Crippen molar-refractivity contribution >= 4 is 18.1 Å². The molecule has 0 amide bonds. The molecule has 0 saturated carbocycles. The van der Waals surface area contributed by atoms with Crippen LogP contribution in [0.3, 0.4) is 0 Å². The molecule has 0 radical (unpaired) electrons. The molecular weight excluding hydrogens is 118 g/mol. The highest BCUT2D eigenvalue weighted by atomic mass is 32.1. The van der Waals surface area contributed by atoms with Crippen molar-refractivity contribution < 1.29 is 0 Å². The molecule has 8 heavy (non-hydrogen) atoms. The normalized spacial score (nSPS) is 5.00. The fourth-order valence-corrected chi connectivity index (χ4v) is 0. The molecule has 0 rings (SSSR count). The van der Waals surface area contributed by atoms with E-state index in [-0.39, 0.29) is 0 Å². The molecule has 0 aliphatic heterocycles. The maximum Gasteiger partial charge on any atom is -0.0106 e. The molecule has 0 aromatic carbocycles. The van der Waals surface area contributed by atoms with Gasteiger partial charge in [0.1, 0.15) is 0 Å². The van der Waals surface area contributed by atoms with E-state index in [1.54, 1.807) is 0 Å². The summed E-state index contributed by atoms with van der Waals surface area (Å²) in [6.45, 7) is 6.90. The molecule has 2 heteroatoms. The van der Waals surface area contributed by atoms with Gasteiger partial charge in [-0.25, -0.2) is 0 Å². The Morgan fingerprint density at radius 1 is 1.25 bits per heavy atom. The minimum absolute atomic E-state index is 0.750. The molecule has 0 aliphatic carbocycles. The average Bonchev–Trinajstić information content (AvgIpc) is 1.75. The second-order valence-electron chi connectivity index (χ2n) is 1.12. The largest absolute Gasteiger partial charge is 0.331 e. The van der Waals surface area contributed by atoms with E-state index in [9.17, 15) is 0 Å². The predicted molar refractivity (Wildman–Crippen MR) is 45.4 cm³/mol. The van der Waals surface area contributed by atoms with Crippen molar-refractivity contribution in [2.75, 3.05) is 6.54 Å². The molecule has 0 atom stereocenters. The highest BCUT2D eigenvalue weighted by Crippen LogP contribution is 1.56. The van der Waals surface area contributed by atoms with Crippen LogP contribution in [0, 0.1) is 0 Å². The molecule has 0 aromatic heterocycles. The summed E-state index contributed by atoms with van der Waals surface area (Å²) in [5.41, 5.74) is 4.85. The summed E-state index contributed by atoms with van der Waals surface area (Å²) in [7, 11) is 0. The number of hydrogen-bond donors (Lipinski definition) is 1. The molecule has 0 aliphatic rings. The molecule has 0 heterocycles. The summed E-state index contributed by atoms with van der Waals surface area (Å²) in [6.07, 6.45) is 1.25. The first-order chi connectivity index (χ1) is 3.83. The van der Waals surface area contributed by atoms with Gasteiger partial charge in [-0.2, -0.15) is 0 Å². The van der Waals surface area contributed by atoms with Gasteiger partial charge in [-0.1, -0.05) is 39.4 Å². The van der Waals surface area contributed by atoms with E-state index < -0.39 is 0 Å². The van der Waals surface area contributed by atoms with E-state index in [4.69, 9.17) is 5.73 Å². The van der Waals surface area contributed by atoms with Crippen LogP contribution in [0.1, 0.15) is 27.2 Å². The van der Waals surface area contributed by atoms with Crippen molar-refractivity contribution in [1.29, 1.82) is 0 Å². The SMILES string of the molecule is C=S.CCC.CCN. The summed E-state index contributed by atoms with van der Waals surface area (Å²) in [6, 6.07) is 0. The summed E-state index contributed by atoms with van der Waals surface area (Å²) in [4.78, 5) is 0. The van der Waals surface area contributed by atoms with Gasteiger partial charge in [0.2, 0.25) is 0 Å². The van der Waals surface area contributed by atoms with Crippen LogP contribution in [0.2, 0.25) is 0 Å². The second-order valence-corrected chi connectivity index (χ2v) is 1.12. The number of rotatable bonds is 0. The average molecular weight is 135 g/mol. The minimum atomic E-state index is 0.750. The molecule has 1 nitrogen and oxygen atoms in total. The first-order valence-corrected chi connectivity index (χ1v) is 3.40. The van der Waals surface area contributed by atoms with E-state index >= 15 is 0 Å². The Hall–Kier alpha value is 0.0500. The van der Waals surface area contributed by atoms with Gasteiger partial charge in [-0.05, 0) is 12.4 Å². The van der Waals surface area contributed by atoms with Gasteiger partial charge in [-0.3, -0.25) is 0 Å². The maximum absolute atomic E-state index is 4.85. The maximum atomic E-state index is 4.85. The lowest BCUT2D eigenvalue weighted by molar-refractivity contribution is 1.09. The molecule has 0 spiro atoms. The van der Waals surface area contributed by atoms with Crippen LogP contribution in [0.15, 0.2) is 0 Å². The molecule has 0 bridgehead atoms. The Bertz CT molecular complexity index is 16.0. The van der Waals surface area contributed by atoms with Gasteiger partial charge in [-0.15, -0.1) is 0 Å². The van der Waals surface area contributed by atoms with E-state index in [0.29, 0.717) is 0 Å². The summed E-state index contributed by atoms with van der Waals surface area (Å²) in [5, 5.41) is 0. The van der Waals surface area contributed by atoms with Crippen molar-refractivity contribution in [2.45, 2.75) is 27.2 Å². The van der Waals surface area contributed by atoms with Crippen molar-refractivity contribution in [3.05, 3.63) is 0 Å². The van der Waals surface area contributed by atoms with E-state index in [1.807, 2.05) is 6.92 Å². The fraction of sp³-hybridized carbons (Fsp3) is 0.833. The van der Waals surface area contributed by atoms with E-state index in [1.165, 1.54) is 6.42 Å². The van der Waals surface area contributed by atoms with Gasteiger partial charge >= 0.3 is 0 Å². The van der Waals surface area contributed by atoms with Gasteiger partial charge in [0, 0.05) is 0 Å². The zero-order chi connectivity index (χ0) is 7.41. The first-order valence-electron chi connectivity index (χ1n) is 2.82. The summed E-state index contributed by atoms with van der Waals surface area (Å²) in [5.74, 6) is 2.83. The van der Waals surface area contributed by atoms with Crippen molar-refractivity contribution in [2.24, 2.45) is 5.73 Å². The zero-order valence-electron chi connectivity index (χ0n) is 6.11. The number of hydrogen-bond acceptors (Lipinski definition) is 2. The zero-order valence-corrected chi connectivity index (χ0v) is 6.92. The van der Waals surface area contributed by atoms with E-state index in [2.05, 4.69) is 31.9 Å². The fourth-order valence-electron chi connectivity index (χ4n) is 0. The molecule has 0 fully saturated rings. The minimum Gasteiger partial charge on any atom is -0.331 e. The second kappa shape index (κ2) is 61.4. The lowest BCUT2D eigenvalue weighted by Gasteiger charge is -1.53. The highest BCUT2D eigenvalue weighted by molar-refractivity contribution is 7.77. The molecule has 0 saturated heterocycles. The quantitative estimate of drug-likeness (QED) is 0.514. The Morgan fingerprint density at radius 3 is 1.25 bits per heavy atom. The number of nitrogens with two attached hydrogens (primary N) is 1. The lowest BCUT2D eigenvalue weighted by atomic mass is 10.6. The molecule has 0 unspecified atom stereocenters. The van der Waals surface area contributed by atoms with Crippen LogP contribution in [-0.2, 0) is 0 Å². The Labute approximate surface area is 58.3 Å². The van der Waals surface area contributed by atoms with Crippen LogP contribution < -0.4 is 5.73 Å². The van der Waals surface area contributed by atoms with Gasteiger partial charge in [0.15, 0.2) is 0 Å². The van der Waals surface area contributed by atoms with Crippen LogP contribution in [0.4, 0.5) is 0 Å². The number of thiocarbonyl (C=S) groups is 1. The van der Waals surface area contributed by atoms with Gasteiger partial charge in [0.25, 0.3) is 0 Å². The smallest absolute Gasteiger partial charge is 0.0106 e. The Morgan fingerprint density at radius 2 is 1.25 bits per heavy atom. The molecular formula is C6H17NS. The van der Waals surface area contributed by atoms with Crippen LogP contribution in [0.25, 0.3) is 0 Å². The van der Waals surface area contributed by atoms with Crippen LogP contribution in [-0.4, -0.2) is 12.4 Å². The Balaban J connectivity index is -0.0000000483. The van der Waals surface area contributed by atoms with Crippen molar-refractivity contribution in [3.63, 3.8) is 0 Å². The third-order valence-corrected chi connectivity index (χ3v) is 0. The van der Waals surface area contributed by atoms with Gasteiger partial charge in [0.05, 0.1) is 0 Å². The lowest BCUT2D eigenvalue weighted by Crippen LogP contribution is -1.87.